The van der Waals surface area contributed by atoms with Crippen LogP contribution in [0, 0.1) is 6.92 Å². The van der Waals surface area contributed by atoms with Gasteiger partial charge in [0.25, 0.3) is 10.0 Å². The zero-order chi connectivity index (χ0) is 15.5. The van der Waals surface area contributed by atoms with Crippen LogP contribution in [-0.4, -0.2) is 14.1 Å². The van der Waals surface area contributed by atoms with E-state index in [9.17, 15) is 8.42 Å². The van der Waals surface area contributed by atoms with Gasteiger partial charge in [0.05, 0.1) is 15.5 Å². The summed E-state index contributed by atoms with van der Waals surface area (Å²) in [6, 6.07) is 10.7. The smallest absolute Gasteiger partial charge is 0.200 e. The van der Waals surface area contributed by atoms with Gasteiger partial charge in [0, 0.05) is 4.88 Å². The summed E-state index contributed by atoms with van der Waals surface area (Å²) in [6.45, 7) is 5.79. The highest BCUT2D eigenvalue weighted by atomic mass is 32.2. The van der Waals surface area contributed by atoms with Crippen LogP contribution in [-0.2, 0) is 16.4 Å². The molecule has 4 nitrogen and oxygen atoms in total. The van der Waals surface area contributed by atoms with Crippen LogP contribution >= 0.6 is 11.3 Å². The number of thiophene rings is 1. The normalized spacial score (nSPS) is 12.4. The molecule has 0 fully saturated rings. The van der Waals surface area contributed by atoms with Gasteiger partial charge in [-0.25, -0.2) is 0 Å². The van der Waals surface area contributed by atoms with E-state index in [1.807, 2.05) is 19.1 Å². The Balaban J connectivity index is 2.16. The molecule has 6 heteroatoms. The monoisotopic (exact) mass is 322 g/mol. The second-order valence-electron chi connectivity index (χ2n) is 4.72. The predicted octanol–water partition coefficient (Wildman–Crippen LogP) is 3.32. The number of hydrazone groups is 1. The molecule has 0 aliphatic rings. The lowest BCUT2D eigenvalue weighted by Crippen LogP contribution is -2.19. The summed E-state index contributed by atoms with van der Waals surface area (Å²) in [6.07, 6.45) is 0.965. The fourth-order valence-electron chi connectivity index (χ4n) is 1.72. The summed E-state index contributed by atoms with van der Waals surface area (Å²) >= 11 is 1.62. The standard InChI is InChI=1S/C15H18N2O2S2/c1-4-13-7-10-15(20-13)12(3)16-17-21(18,19)14-8-5-11(2)6-9-14/h5-10,17H,4H2,1-3H3/b16-12+. The van der Waals surface area contributed by atoms with Gasteiger partial charge in [0.1, 0.15) is 0 Å². The van der Waals surface area contributed by atoms with Crippen molar-refractivity contribution in [3.05, 3.63) is 51.7 Å². The molecule has 0 radical (unpaired) electrons. The van der Waals surface area contributed by atoms with Crippen LogP contribution in [0.5, 0.6) is 0 Å². The minimum absolute atomic E-state index is 0.213. The van der Waals surface area contributed by atoms with Gasteiger partial charge in [0.2, 0.25) is 0 Å². The van der Waals surface area contributed by atoms with Crippen LogP contribution in [0.3, 0.4) is 0 Å². The number of nitrogens with zero attached hydrogens (tertiary/aromatic N) is 1. The molecule has 2 rings (SSSR count). The molecule has 0 atom stereocenters. The van der Waals surface area contributed by atoms with Crippen molar-refractivity contribution in [2.75, 3.05) is 0 Å². The maximum atomic E-state index is 12.1. The van der Waals surface area contributed by atoms with Gasteiger partial charge in [-0.3, -0.25) is 0 Å². The third-order valence-corrected chi connectivity index (χ3v) is 5.59. The van der Waals surface area contributed by atoms with E-state index in [1.165, 1.54) is 4.88 Å². The number of benzene rings is 1. The van der Waals surface area contributed by atoms with Crippen molar-refractivity contribution in [1.29, 1.82) is 0 Å². The Bertz CT molecular complexity index is 744. The van der Waals surface area contributed by atoms with Crippen molar-refractivity contribution in [1.82, 2.24) is 4.83 Å². The molecule has 1 aromatic heterocycles. The molecule has 0 spiro atoms. The quantitative estimate of drug-likeness (QED) is 0.678. The highest BCUT2D eigenvalue weighted by Crippen LogP contribution is 2.18. The molecular formula is C15H18N2O2S2. The summed E-state index contributed by atoms with van der Waals surface area (Å²) in [5, 5.41) is 4.00. The lowest BCUT2D eigenvalue weighted by atomic mass is 10.2. The van der Waals surface area contributed by atoms with Crippen molar-refractivity contribution >= 4 is 27.1 Å². The first-order valence-corrected chi connectivity index (χ1v) is 8.94. The molecule has 1 N–H and O–H groups in total. The van der Waals surface area contributed by atoms with E-state index in [-0.39, 0.29) is 4.90 Å². The Kier molecular flexibility index (Phi) is 4.80. The largest absolute Gasteiger partial charge is 0.276 e. The van der Waals surface area contributed by atoms with Gasteiger partial charge in [-0.15, -0.1) is 11.3 Å². The molecule has 0 bridgehead atoms. The highest BCUT2D eigenvalue weighted by molar-refractivity contribution is 7.89. The minimum atomic E-state index is -3.61. The fourth-order valence-corrected chi connectivity index (χ4v) is 3.47. The average Bonchev–Trinajstić information content (AvgIpc) is 2.94. The van der Waals surface area contributed by atoms with E-state index in [2.05, 4.69) is 16.9 Å². The number of nitrogens with one attached hydrogen (secondary N) is 1. The van der Waals surface area contributed by atoms with E-state index >= 15 is 0 Å². The maximum Gasteiger partial charge on any atom is 0.276 e. The van der Waals surface area contributed by atoms with Crippen molar-refractivity contribution in [3.8, 4) is 0 Å². The van der Waals surface area contributed by atoms with Crippen molar-refractivity contribution in [2.24, 2.45) is 5.10 Å². The predicted molar refractivity (Wildman–Crippen MR) is 87.4 cm³/mol. The number of aryl methyl sites for hydroxylation is 2. The Morgan fingerprint density at radius 1 is 1.19 bits per heavy atom. The Hall–Kier alpha value is -1.66. The Labute approximate surface area is 129 Å². The Morgan fingerprint density at radius 3 is 2.43 bits per heavy atom. The average molecular weight is 322 g/mol. The summed E-state index contributed by atoms with van der Waals surface area (Å²) in [5.41, 5.74) is 1.68. The third-order valence-electron chi connectivity index (χ3n) is 3.03. The van der Waals surface area contributed by atoms with Gasteiger partial charge in [-0.05, 0) is 44.5 Å². The Morgan fingerprint density at radius 2 is 1.86 bits per heavy atom. The van der Waals surface area contributed by atoms with Crippen molar-refractivity contribution in [2.45, 2.75) is 32.1 Å². The third kappa shape index (κ3) is 3.92. The highest BCUT2D eigenvalue weighted by Gasteiger charge is 2.12. The maximum absolute atomic E-state index is 12.1. The molecule has 2 aromatic rings. The first-order chi connectivity index (χ1) is 9.92. The molecule has 0 unspecified atom stereocenters. The van der Waals surface area contributed by atoms with Crippen LogP contribution in [0.4, 0.5) is 0 Å². The van der Waals surface area contributed by atoms with Crippen LogP contribution in [0.1, 0.15) is 29.2 Å². The van der Waals surface area contributed by atoms with E-state index in [0.29, 0.717) is 5.71 Å². The first kappa shape index (κ1) is 15.7. The number of rotatable bonds is 5. The first-order valence-electron chi connectivity index (χ1n) is 6.64. The second kappa shape index (κ2) is 6.41. The second-order valence-corrected chi connectivity index (χ2v) is 7.55. The zero-order valence-corrected chi connectivity index (χ0v) is 13.9. The van der Waals surface area contributed by atoms with Crippen LogP contribution in [0.2, 0.25) is 0 Å². The van der Waals surface area contributed by atoms with Gasteiger partial charge >= 0.3 is 0 Å². The lowest BCUT2D eigenvalue weighted by molar-refractivity contribution is 0.584. The van der Waals surface area contributed by atoms with E-state index in [0.717, 1.165) is 16.9 Å². The fraction of sp³-hybridized carbons (Fsp3) is 0.267. The summed E-state index contributed by atoms with van der Waals surface area (Å²) in [4.78, 5) is 4.72. The SMILES string of the molecule is CCc1ccc(/C(C)=N/NS(=O)(=O)c2ccc(C)cc2)s1. The van der Waals surface area contributed by atoms with Crippen LogP contribution in [0.25, 0.3) is 0 Å². The number of sulfonamides is 1. The molecule has 21 heavy (non-hydrogen) atoms. The van der Waals surface area contributed by atoms with E-state index in [1.54, 1.807) is 42.5 Å². The summed E-state index contributed by atoms with van der Waals surface area (Å²) < 4.78 is 24.3. The van der Waals surface area contributed by atoms with E-state index in [4.69, 9.17) is 0 Å². The van der Waals surface area contributed by atoms with Gasteiger partial charge < -0.3 is 0 Å². The molecule has 1 aromatic carbocycles. The molecule has 1 heterocycles. The van der Waals surface area contributed by atoms with E-state index < -0.39 is 10.0 Å². The molecular weight excluding hydrogens is 304 g/mol. The topological polar surface area (TPSA) is 58.5 Å². The van der Waals surface area contributed by atoms with Gasteiger partial charge in [0.15, 0.2) is 0 Å². The number of hydrogen-bond acceptors (Lipinski definition) is 4. The molecule has 0 saturated heterocycles. The molecule has 0 aliphatic carbocycles. The molecule has 112 valence electrons. The van der Waals surface area contributed by atoms with Gasteiger partial charge in [-0.1, -0.05) is 24.6 Å². The molecule has 0 saturated carbocycles. The zero-order valence-electron chi connectivity index (χ0n) is 12.3. The van der Waals surface area contributed by atoms with Crippen molar-refractivity contribution in [3.63, 3.8) is 0 Å². The van der Waals surface area contributed by atoms with Crippen LogP contribution < -0.4 is 4.83 Å². The summed E-state index contributed by atoms with van der Waals surface area (Å²) in [5.74, 6) is 0. The van der Waals surface area contributed by atoms with Gasteiger partial charge in [-0.2, -0.15) is 18.4 Å². The molecule has 0 aliphatic heterocycles. The summed E-state index contributed by atoms with van der Waals surface area (Å²) in [7, 11) is -3.61. The lowest BCUT2D eigenvalue weighted by Gasteiger charge is -2.04. The number of hydrogen-bond donors (Lipinski definition) is 1. The van der Waals surface area contributed by atoms with Crippen molar-refractivity contribution < 1.29 is 8.42 Å². The minimum Gasteiger partial charge on any atom is -0.200 e. The molecule has 0 amide bonds. The van der Waals surface area contributed by atoms with Crippen LogP contribution in [0.15, 0.2) is 46.4 Å².